The van der Waals surface area contributed by atoms with E-state index >= 15 is 0 Å². The van der Waals surface area contributed by atoms with Crippen LogP contribution in [0.3, 0.4) is 0 Å². The van der Waals surface area contributed by atoms with E-state index in [2.05, 4.69) is 12.2 Å². The van der Waals surface area contributed by atoms with Crippen molar-refractivity contribution in [1.29, 1.82) is 0 Å². The lowest BCUT2D eigenvalue weighted by molar-refractivity contribution is 0.125. The van der Waals surface area contributed by atoms with Crippen LogP contribution in [0, 0.1) is 0 Å². The van der Waals surface area contributed by atoms with Crippen LogP contribution in [0.1, 0.15) is 123 Å². The van der Waals surface area contributed by atoms with Gasteiger partial charge in [0.1, 0.15) is 0 Å². The molecule has 28 heavy (non-hydrogen) atoms. The average Bonchev–Trinajstić information content (AvgIpc) is 2.65. The molecule has 0 aromatic heterocycles. The SMILES string of the molecule is CCCCCCCCCCCCCCCCCCNCN(CCC)[Si](O)(O)O. The standard InChI is InChI=1S/C22H50N2O3Si/c1-3-5-6-7-8-9-10-11-12-13-14-15-16-17-18-19-20-23-22-24(21-4-2)28(25,26)27/h23,25-27H,3-22H2,1-2H3. The van der Waals surface area contributed by atoms with Gasteiger partial charge in [0, 0.05) is 6.67 Å². The first kappa shape index (κ1) is 28.0. The molecule has 0 aliphatic rings. The quantitative estimate of drug-likeness (QED) is 0.114. The van der Waals surface area contributed by atoms with Crippen LogP contribution in [0.2, 0.25) is 0 Å². The van der Waals surface area contributed by atoms with Gasteiger partial charge in [-0.15, -0.1) is 0 Å². The zero-order valence-electron chi connectivity index (χ0n) is 18.9. The molecule has 0 saturated heterocycles. The Morgan fingerprint density at radius 3 is 1.32 bits per heavy atom. The van der Waals surface area contributed by atoms with Crippen molar-refractivity contribution in [2.75, 3.05) is 19.8 Å². The molecule has 6 heteroatoms. The van der Waals surface area contributed by atoms with Crippen molar-refractivity contribution in [2.45, 2.75) is 123 Å². The van der Waals surface area contributed by atoms with Gasteiger partial charge in [0.05, 0.1) is 0 Å². The van der Waals surface area contributed by atoms with Crippen molar-refractivity contribution in [2.24, 2.45) is 0 Å². The molecule has 0 aromatic rings. The molecule has 0 radical (unpaired) electrons. The Morgan fingerprint density at radius 2 is 0.964 bits per heavy atom. The molecule has 0 fully saturated rings. The first-order valence-corrected chi connectivity index (χ1v) is 13.9. The normalized spacial score (nSPS) is 12.2. The first-order valence-electron chi connectivity index (χ1n) is 12.1. The van der Waals surface area contributed by atoms with E-state index in [1.165, 1.54) is 101 Å². The molecule has 0 aliphatic carbocycles. The molecule has 0 rings (SSSR count). The summed E-state index contributed by atoms with van der Waals surface area (Å²) in [4.78, 5) is 28.2. The summed E-state index contributed by atoms with van der Waals surface area (Å²) >= 11 is 0. The lowest BCUT2D eigenvalue weighted by atomic mass is 10.0. The van der Waals surface area contributed by atoms with Gasteiger partial charge in [-0.3, -0.25) is 0 Å². The highest BCUT2D eigenvalue weighted by atomic mass is 28.4. The maximum absolute atomic E-state index is 9.39. The van der Waals surface area contributed by atoms with E-state index in [4.69, 9.17) is 0 Å². The van der Waals surface area contributed by atoms with Crippen LogP contribution < -0.4 is 5.32 Å². The molecule has 4 N–H and O–H groups in total. The Labute approximate surface area is 176 Å². The van der Waals surface area contributed by atoms with Crippen LogP contribution >= 0.6 is 0 Å². The van der Waals surface area contributed by atoms with Crippen molar-refractivity contribution < 1.29 is 14.4 Å². The maximum Gasteiger partial charge on any atom is 0.592 e. The molecule has 0 bridgehead atoms. The second-order valence-corrected chi connectivity index (χ2v) is 10.2. The number of hydrogen-bond donors (Lipinski definition) is 4. The molecule has 0 unspecified atom stereocenters. The van der Waals surface area contributed by atoms with Crippen molar-refractivity contribution in [1.82, 2.24) is 9.88 Å². The largest absolute Gasteiger partial charge is 0.592 e. The summed E-state index contributed by atoms with van der Waals surface area (Å²) < 4.78 is 1.36. The average molecular weight is 419 g/mol. The van der Waals surface area contributed by atoms with E-state index in [1.807, 2.05) is 6.92 Å². The molecule has 5 nitrogen and oxygen atoms in total. The van der Waals surface area contributed by atoms with Gasteiger partial charge < -0.3 is 19.7 Å². The van der Waals surface area contributed by atoms with Gasteiger partial charge in [0.15, 0.2) is 0 Å². The third-order valence-corrected chi connectivity index (χ3v) is 6.66. The molecule has 0 spiro atoms. The fraction of sp³-hybridized carbons (Fsp3) is 1.00. The van der Waals surface area contributed by atoms with E-state index in [0.717, 1.165) is 19.4 Å². The van der Waals surface area contributed by atoms with Gasteiger partial charge in [-0.2, -0.15) is 0 Å². The van der Waals surface area contributed by atoms with Gasteiger partial charge in [-0.25, -0.2) is 4.57 Å². The molecule has 0 saturated carbocycles. The van der Waals surface area contributed by atoms with E-state index in [1.54, 1.807) is 0 Å². The minimum atomic E-state index is -4.15. The summed E-state index contributed by atoms with van der Waals surface area (Å²) in [6.45, 7) is 5.95. The van der Waals surface area contributed by atoms with Gasteiger partial charge in [-0.05, 0) is 25.9 Å². The molecule has 0 aromatic carbocycles. The number of nitrogens with zero attached hydrogens (tertiary/aromatic N) is 1. The fourth-order valence-electron chi connectivity index (χ4n) is 3.62. The number of hydrogen-bond acceptors (Lipinski definition) is 5. The highest BCUT2D eigenvalue weighted by Gasteiger charge is 2.36. The second-order valence-electron chi connectivity index (χ2n) is 8.32. The molecule has 0 heterocycles. The highest BCUT2D eigenvalue weighted by molar-refractivity contribution is 6.52. The second kappa shape index (κ2) is 20.3. The first-order chi connectivity index (χ1) is 13.5. The van der Waals surface area contributed by atoms with Crippen LogP contribution in [-0.2, 0) is 0 Å². The molecule has 0 aliphatic heterocycles. The van der Waals surface area contributed by atoms with E-state index in [-0.39, 0.29) is 0 Å². The minimum Gasteiger partial charge on any atom is -0.377 e. The minimum absolute atomic E-state index is 0.350. The summed E-state index contributed by atoms with van der Waals surface area (Å²) in [5.41, 5.74) is 0. The fourth-order valence-corrected chi connectivity index (χ4v) is 4.46. The van der Waals surface area contributed by atoms with Crippen molar-refractivity contribution >= 4 is 8.97 Å². The monoisotopic (exact) mass is 418 g/mol. The molecule has 0 atom stereocenters. The van der Waals surface area contributed by atoms with Gasteiger partial charge >= 0.3 is 8.97 Å². The molecular weight excluding hydrogens is 368 g/mol. The lowest BCUT2D eigenvalue weighted by Crippen LogP contribution is -2.57. The number of rotatable bonds is 22. The molecular formula is C22H50N2O3Si. The maximum atomic E-state index is 9.39. The third kappa shape index (κ3) is 19.3. The van der Waals surface area contributed by atoms with Gasteiger partial charge in [-0.1, -0.05) is 110 Å². The highest BCUT2D eigenvalue weighted by Crippen LogP contribution is 2.13. The Morgan fingerprint density at radius 1 is 0.571 bits per heavy atom. The smallest absolute Gasteiger partial charge is 0.377 e. The lowest BCUT2D eigenvalue weighted by Gasteiger charge is -2.26. The number of unbranched alkanes of at least 4 members (excludes halogenated alkanes) is 15. The van der Waals surface area contributed by atoms with Crippen molar-refractivity contribution in [3.05, 3.63) is 0 Å². The van der Waals surface area contributed by atoms with E-state index in [9.17, 15) is 14.4 Å². The van der Waals surface area contributed by atoms with E-state index in [0.29, 0.717) is 13.2 Å². The summed E-state index contributed by atoms with van der Waals surface area (Å²) in [5, 5.41) is 3.21. The summed E-state index contributed by atoms with van der Waals surface area (Å²) in [7, 11) is -4.15. The van der Waals surface area contributed by atoms with Gasteiger partial charge in [0.25, 0.3) is 0 Å². The third-order valence-electron chi connectivity index (χ3n) is 5.43. The predicted octanol–water partition coefficient (Wildman–Crippen LogP) is 4.92. The molecule has 0 amide bonds. The zero-order valence-corrected chi connectivity index (χ0v) is 19.9. The zero-order chi connectivity index (χ0) is 20.9. The Bertz CT molecular complexity index is 315. The van der Waals surface area contributed by atoms with Crippen molar-refractivity contribution in [3.63, 3.8) is 0 Å². The summed E-state index contributed by atoms with van der Waals surface area (Å²) in [6, 6.07) is 0. The van der Waals surface area contributed by atoms with Gasteiger partial charge in [0.2, 0.25) is 0 Å². The summed E-state index contributed by atoms with van der Waals surface area (Å²) in [5.74, 6) is 0. The van der Waals surface area contributed by atoms with Crippen LogP contribution in [0.4, 0.5) is 0 Å². The summed E-state index contributed by atoms with van der Waals surface area (Å²) in [6.07, 6.45) is 22.7. The topological polar surface area (TPSA) is 76.0 Å². The van der Waals surface area contributed by atoms with Crippen molar-refractivity contribution in [3.8, 4) is 0 Å². The van der Waals surface area contributed by atoms with Crippen LogP contribution in [-0.4, -0.2) is 47.7 Å². The van der Waals surface area contributed by atoms with Crippen LogP contribution in [0.5, 0.6) is 0 Å². The Kier molecular flexibility index (Phi) is 20.3. The Hall–Kier alpha value is 0.0169. The number of nitrogens with one attached hydrogen (secondary N) is 1. The molecule has 170 valence electrons. The predicted molar refractivity (Wildman–Crippen MR) is 122 cm³/mol. The van der Waals surface area contributed by atoms with E-state index < -0.39 is 8.97 Å². The van der Waals surface area contributed by atoms with Crippen LogP contribution in [0.15, 0.2) is 0 Å². The Balaban J connectivity index is 3.23. The van der Waals surface area contributed by atoms with Crippen LogP contribution in [0.25, 0.3) is 0 Å².